The van der Waals surface area contributed by atoms with Crippen LogP contribution in [0.1, 0.15) is 5.69 Å². The lowest BCUT2D eigenvalue weighted by atomic mass is 10.3. The quantitative estimate of drug-likeness (QED) is 0.759. The molecule has 0 radical (unpaired) electrons. The predicted octanol–water partition coefficient (Wildman–Crippen LogP) is 1.68. The van der Waals surface area contributed by atoms with Gasteiger partial charge in [0.15, 0.2) is 5.82 Å². The number of hydrogen-bond acceptors (Lipinski definition) is 5. The number of nitrogens with zero attached hydrogens (tertiary/aromatic N) is 4. The topological polar surface area (TPSA) is 60.8 Å². The van der Waals surface area contributed by atoms with Crippen LogP contribution in [0.2, 0.25) is 0 Å². The smallest absolute Gasteiger partial charge is 0.233 e. The molecule has 82 valence electrons. The van der Waals surface area contributed by atoms with Gasteiger partial charge in [0.1, 0.15) is 5.69 Å². The molecule has 0 N–H and O–H groups in total. The van der Waals surface area contributed by atoms with Gasteiger partial charge in [-0.15, -0.1) is 21.8 Å². The molecule has 0 saturated heterocycles. The average molecular weight is 237 g/mol. The SMILES string of the molecule is COc1ccc(-c2nccc(CCl)n2)nn1. The number of alkyl halides is 1. The summed E-state index contributed by atoms with van der Waals surface area (Å²) in [6, 6.07) is 5.21. The summed E-state index contributed by atoms with van der Waals surface area (Å²) in [7, 11) is 1.54. The van der Waals surface area contributed by atoms with Gasteiger partial charge in [-0.05, 0) is 12.1 Å². The number of halogens is 1. The highest BCUT2D eigenvalue weighted by Gasteiger charge is 2.04. The van der Waals surface area contributed by atoms with Crippen molar-refractivity contribution in [3.8, 4) is 17.4 Å². The molecule has 0 saturated carbocycles. The van der Waals surface area contributed by atoms with Gasteiger partial charge in [0, 0.05) is 12.3 Å². The van der Waals surface area contributed by atoms with Gasteiger partial charge >= 0.3 is 0 Å². The van der Waals surface area contributed by atoms with Crippen LogP contribution in [-0.4, -0.2) is 27.3 Å². The fourth-order valence-corrected chi connectivity index (χ4v) is 1.29. The first kappa shape index (κ1) is 10.8. The molecule has 0 amide bonds. The Morgan fingerprint density at radius 1 is 1.25 bits per heavy atom. The van der Waals surface area contributed by atoms with Crippen molar-refractivity contribution in [3.05, 3.63) is 30.1 Å². The maximum Gasteiger partial charge on any atom is 0.233 e. The first-order valence-electron chi connectivity index (χ1n) is 4.59. The van der Waals surface area contributed by atoms with Crippen LogP contribution in [0.3, 0.4) is 0 Å². The van der Waals surface area contributed by atoms with Gasteiger partial charge in [-0.2, -0.15) is 0 Å². The summed E-state index contributed by atoms with van der Waals surface area (Å²) in [6.07, 6.45) is 1.64. The Balaban J connectivity index is 2.34. The summed E-state index contributed by atoms with van der Waals surface area (Å²) in [5.74, 6) is 1.31. The van der Waals surface area contributed by atoms with Gasteiger partial charge in [0.2, 0.25) is 5.88 Å². The first-order chi connectivity index (χ1) is 7.83. The normalized spacial score (nSPS) is 10.1. The second kappa shape index (κ2) is 4.85. The molecule has 2 aromatic rings. The highest BCUT2D eigenvalue weighted by atomic mass is 35.5. The van der Waals surface area contributed by atoms with Crippen LogP contribution in [0.15, 0.2) is 24.4 Å². The summed E-state index contributed by atoms with van der Waals surface area (Å²) in [4.78, 5) is 8.33. The van der Waals surface area contributed by atoms with Gasteiger partial charge in [-0.1, -0.05) is 0 Å². The van der Waals surface area contributed by atoms with Crippen molar-refractivity contribution in [3.63, 3.8) is 0 Å². The molecule has 0 aliphatic carbocycles. The van der Waals surface area contributed by atoms with Crippen molar-refractivity contribution in [1.82, 2.24) is 20.2 Å². The second-order valence-electron chi connectivity index (χ2n) is 2.97. The highest BCUT2D eigenvalue weighted by Crippen LogP contribution is 2.13. The van der Waals surface area contributed by atoms with Crippen molar-refractivity contribution >= 4 is 11.6 Å². The van der Waals surface area contributed by atoms with E-state index in [9.17, 15) is 0 Å². The van der Waals surface area contributed by atoms with E-state index in [0.29, 0.717) is 23.3 Å². The molecule has 5 nitrogen and oxygen atoms in total. The molecule has 2 heterocycles. The lowest BCUT2D eigenvalue weighted by Gasteiger charge is -2.01. The van der Waals surface area contributed by atoms with E-state index in [4.69, 9.17) is 16.3 Å². The van der Waals surface area contributed by atoms with Gasteiger partial charge in [0.05, 0.1) is 18.7 Å². The van der Waals surface area contributed by atoms with Crippen LogP contribution in [0.25, 0.3) is 11.5 Å². The molecule has 0 fully saturated rings. The Hall–Kier alpha value is -1.75. The standard InChI is InChI=1S/C10H9ClN4O/c1-16-9-3-2-8(14-15-9)10-12-5-4-7(6-11)13-10/h2-5H,6H2,1H3. The number of hydrogen-bond donors (Lipinski definition) is 0. The summed E-state index contributed by atoms with van der Waals surface area (Å²) in [5, 5.41) is 7.80. The molecule has 0 spiro atoms. The van der Waals surface area contributed by atoms with E-state index in [0.717, 1.165) is 5.69 Å². The summed E-state index contributed by atoms with van der Waals surface area (Å²) in [5.41, 5.74) is 1.34. The van der Waals surface area contributed by atoms with E-state index >= 15 is 0 Å². The lowest BCUT2D eigenvalue weighted by Crippen LogP contribution is -1.97. The van der Waals surface area contributed by atoms with E-state index < -0.39 is 0 Å². The van der Waals surface area contributed by atoms with Gasteiger partial charge in [0.25, 0.3) is 0 Å². The number of aromatic nitrogens is 4. The van der Waals surface area contributed by atoms with E-state index in [1.807, 2.05) is 0 Å². The van der Waals surface area contributed by atoms with Crippen LogP contribution < -0.4 is 4.74 Å². The molecule has 2 aromatic heterocycles. The molecular weight excluding hydrogens is 228 g/mol. The van der Waals surface area contributed by atoms with Crippen LogP contribution in [0.5, 0.6) is 5.88 Å². The maximum absolute atomic E-state index is 5.69. The van der Waals surface area contributed by atoms with E-state index in [-0.39, 0.29) is 0 Å². The molecule has 0 unspecified atom stereocenters. The summed E-state index contributed by atoms with van der Waals surface area (Å²) < 4.78 is 4.91. The third kappa shape index (κ3) is 2.25. The molecule has 0 bridgehead atoms. The fraction of sp³-hybridized carbons (Fsp3) is 0.200. The van der Waals surface area contributed by atoms with Crippen molar-refractivity contribution in [2.24, 2.45) is 0 Å². The van der Waals surface area contributed by atoms with Crippen LogP contribution >= 0.6 is 11.6 Å². The van der Waals surface area contributed by atoms with E-state index in [2.05, 4.69) is 20.2 Å². The Kier molecular flexibility index (Phi) is 3.26. The van der Waals surface area contributed by atoms with Crippen LogP contribution in [0.4, 0.5) is 0 Å². The largest absolute Gasteiger partial charge is 0.480 e. The Labute approximate surface area is 97.5 Å². The van der Waals surface area contributed by atoms with Gasteiger partial charge < -0.3 is 4.74 Å². The number of ether oxygens (including phenoxy) is 1. The third-order valence-electron chi connectivity index (χ3n) is 1.93. The molecule has 0 atom stereocenters. The highest BCUT2D eigenvalue weighted by molar-refractivity contribution is 6.16. The van der Waals surface area contributed by atoms with Crippen molar-refractivity contribution < 1.29 is 4.74 Å². The van der Waals surface area contributed by atoms with Gasteiger partial charge in [-0.3, -0.25) is 0 Å². The zero-order valence-corrected chi connectivity index (χ0v) is 9.35. The molecule has 0 aromatic carbocycles. The minimum Gasteiger partial charge on any atom is -0.480 e. The third-order valence-corrected chi connectivity index (χ3v) is 2.20. The fourth-order valence-electron chi connectivity index (χ4n) is 1.14. The van der Waals surface area contributed by atoms with Crippen molar-refractivity contribution in [2.75, 3.05) is 7.11 Å². The predicted molar refractivity (Wildman–Crippen MR) is 59.2 cm³/mol. The molecule has 2 rings (SSSR count). The van der Waals surface area contributed by atoms with Gasteiger partial charge in [-0.25, -0.2) is 9.97 Å². The monoisotopic (exact) mass is 236 g/mol. The van der Waals surface area contributed by atoms with Crippen molar-refractivity contribution in [1.29, 1.82) is 0 Å². The maximum atomic E-state index is 5.69. The average Bonchev–Trinajstić information content (AvgIpc) is 2.39. The first-order valence-corrected chi connectivity index (χ1v) is 5.13. The Bertz CT molecular complexity index is 475. The van der Waals surface area contributed by atoms with E-state index in [1.165, 1.54) is 7.11 Å². The molecule has 6 heteroatoms. The van der Waals surface area contributed by atoms with E-state index in [1.54, 1.807) is 24.4 Å². The lowest BCUT2D eigenvalue weighted by molar-refractivity contribution is 0.392. The molecule has 0 aliphatic heterocycles. The zero-order valence-electron chi connectivity index (χ0n) is 8.59. The van der Waals surface area contributed by atoms with Crippen LogP contribution in [-0.2, 0) is 5.88 Å². The molecule has 16 heavy (non-hydrogen) atoms. The number of rotatable bonds is 3. The minimum absolute atomic E-state index is 0.346. The minimum atomic E-state index is 0.346. The summed E-state index contributed by atoms with van der Waals surface area (Å²) in [6.45, 7) is 0. The second-order valence-corrected chi connectivity index (χ2v) is 3.23. The zero-order chi connectivity index (χ0) is 11.4. The molecular formula is C10H9ClN4O. The Morgan fingerprint density at radius 2 is 2.12 bits per heavy atom. The molecule has 0 aliphatic rings. The number of methoxy groups -OCH3 is 1. The van der Waals surface area contributed by atoms with Crippen LogP contribution in [0, 0.1) is 0 Å². The van der Waals surface area contributed by atoms with Crippen molar-refractivity contribution in [2.45, 2.75) is 5.88 Å². The summed E-state index contributed by atoms with van der Waals surface area (Å²) >= 11 is 5.69. The Morgan fingerprint density at radius 3 is 2.75 bits per heavy atom.